The first kappa shape index (κ1) is 13.4. The molecule has 2 aliphatic heterocycles. The van der Waals surface area contributed by atoms with Gasteiger partial charge in [-0.05, 0) is 19.1 Å². The van der Waals surface area contributed by atoms with E-state index in [4.69, 9.17) is 4.74 Å². The van der Waals surface area contributed by atoms with Crippen LogP contribution in [0.5, 0.6) is 0 Å². The second-order valence-corrected chi connectivity index (χ2v) is 5.85. The number of carbonyl (C=O) groups excluding carboxylic acids is 1. The highest BCUT2D eigenvalue weighted by Crippen LogP contribution is 2.22. The van der Waals surface area contributed by atoms with Gasteiger partial charge < -0.3 is 9.64 Å². The fourth-order valence-electron chi connectivity index (χ4n) is 3.18. The summed E-state index contributed by atoms with van der Waals surface area (Å²) < 4.78 is 6.93. The Labute approximate surface area is 127 Å². The molecule has 2 fully saturated rings. The summed E-state index contributed by atoms with van der Waals surface area (Å²) in [6, 6.07) is 3.80. The van der Waals surface area contributed by atoms with Gasteiger partial charge in [0.05, 0.1) is 0 Å². The van der Waals surface area contributed by atoms with E-state index in [2.05, 4.69) is 25.1 Å². The lowest BCUT2D eigenvalue weighted by Gasteiger charge is -2.37. The molecule has 2 aromatic heterocycles. The SMILES string of the molecule is C[C@@H]1C[C@H](N2CCN(c3ccc4nncn4n3)CC2)C(=O)O1. The van der Waals surface area contributed by atoms with Gasteiger partial charge in [0.15, 0.2) is 5.65 Å². The molecule has 2 aliphatic rings. The molecular weight excluding hydrogens is 284 g/mol. The number of nitrogens with zero attached hydrogens (tertiary/aromatic N) is 6. The Morgan fingerprint density at radius 1 is 1.23 bits per heavy atom. The maximum Gasteiger partial charge on any atom is 0.323 e. The van der Waals surface area contributed by atoms with Crippen LogP contribution < -0.4 is 4.90 Å². The topological polar surface area (TPSA) is 75.9 Å². The number of ether oxygens (including phenoxy) is 1. The number of cyclic esters (lactones) is 1. The Balaban J connectivity index is 1.44. The molecule has 0 amide bonds. The van der Waals surface area contributed by atoms with Crippen molar-refractivity contribution < 1.29 is 9.53 Å². The molecule has 0 radical (unpaired) electrons. The number of fused-ring (bicyclic) bond motifs is 1. The van der Waals surface area contributed by atoms with Crippen molar-refractivity contribution in [2.45, 2.75) is 25.5 Å². The van der Waals surface area contributed by atoms with Crippen molar-refractivity contribution >= 4 is 17.4 Å². The molecule has 22 heavy (non-hydrogen) atoms. The quantitative estimate of drug-likeness (QED) is 0.720. The molecule has 8 heteroatoms. The summed E-state index contributed by atoms with van der Waals surface area (Å²) in [4.78, 5) is 16.3. The number of carbonyl (C=O) groups is 1. The Kier molecular flexibility index (Phi) is 3.18. The van der Waals surface area contributed by atoms with Gasteiger partial charge >= 0.3 is 5.97 Å². The molecule has 0 saturated carbocycles. The summed E-state index contributed by atoms with van der Waals surface area (Å²) in [5.41, 5.74) is 0.741. The molecule has 0 unspecified atom stereocenters. The summed E-state index contributed by atoms with van der Waals surface area (Å²) in [6.45, 7) is 5.33. The van der Waals surface area contributed by atoms with E-state index < -0.39 is 0 Å². The third kappa shape index (κ3) is 2.29. The minimum absolute atomic E-state index is 0.0355. The molecule has 4 heterocycles. The zero-order valence-electron chi connectivity index (χ0n) is 12.4. The molecular formula is C14H18N6O2. The van der Waals surface area contributed by atoms with Crippen LogP contribution in [0.2, 0.25) is 0 Å². The number of aromatic nitrogens is 4. The molecule has 0 aliphatic carbocycles. The second-order valence-electron chi connectivity index (χ2n) is 5.85. The Hall–Kier alpha value is -2.22. The number of piperazine rings is 1. The summed E-state index contributed by atoms with van der Waals surface area (Å²) in [5, 5.41) is 12.3. The minimum Gasteiger partial charge on any atom is -0.461 e. The largest absolute Gasteiger partial charge is 0.461 e. The van der Waals surface area contributed by atoms with Crippen LogP contribution >= 0.6 is 0 Å². The first-order valence-corrected chi connectivity index (χ1v) is 7.57. The molecule has 0 spiro atoms. The summed E-state index contributed by atoms with van der Waals surface area (Å²) >= 11 is 0. The Morgan fingerprint density at radius 2 is 2.05 bits per heavy atom. The van der Waals surface area contributed by atoms with Crippen LogP contribution in [-0.2, 0) is 9.53 Å². The number of rotatable bonds is 2. The van der Waals surface area contributed by atoms with Gasteiger partial charge in [-0.15, -0.1) is 15.3 Å². The first-order chi connectivity index (χ1) is 10.7. The smallest absolute Gasteiger partial charge is 0.323 e. The number of hydrogen-bond acceptors (Lipinski definition) is 7. The van der Waals surface area contributed by atoms with E-state index in [0.717, 1.165) is 44.1 Å². The first-order valence-electron chi connectivity index (χ1n) is 7.57. The van der Waals surface area contributed by atoms with Gasteiger partial charge in [0.1, 0.15) is 24.3 Å². The van der Waals surface area contributed by atoms with Crippen LogP contribution in [-0.4, -0.2) is 69.0 Å². The highest BCUT2D eigenvalue weighted by molar-refractivity contribution is 5.78. The second kappa shape index (κ2) is 5.20. The van der Waals surface area contributed by atoms with E-state index in [1.54, 1.807) is 10.8 Å². The lowest BCUT2D eigenvalue weighted by molar-refractivity contribution is -0.144. The van der Waals surface area contributed by atoms with E-state index >= 15 is 0 Å². The number of anilines is 1. The van der Waals surface area contributed by atoms with Gasteiger partial charge in [0.2, 0.25) is 0 Å². The van der Waals surface area contributed by atoms with Gasteiger partial charge in [0.25, 0.3) is 0 Å². The standard InChI is InChI=1S/C14H18N6O2/c1-10-8-11(14(21)22-10)18-4-6-19(7-5-18)13-3-2-12-16-15-9-20(12)17-13/h2-3,9-11H,4-8H2,1H3/t10-,11+/m1/s1. The van der Waals surface area contributed by atoms with E-state index in [0.29, 0.717) is 0 Å². The molecule has 0 N–H and O–H groups in total. The van der Waals surface area contributed by atoms with Crippen LogP contribution in [0.4, 0.5) is 5.82 Å². The van der Waals surface area contributed by atoms with Crippen molar-refractivity contribution in [1.82, 2.24) is 24.7 Å². The van der Waals surface area contributed by atoms with Crippen molar-refractivity contribution in [3.8, 4) is 0 Å². The summed E-state index contributed by atoms with van der Waals surface area (Å²) in [5.74, 6) is 0.833. The molecule has 0 bridgehead atoms. The van der Waals surface area contributed by atoms with E-state index in [9.17, 15) is 4.79 Å². The molecule has 0 aromatic carbocycles. The Morgan fingerprint density at radius 3 is 2.77 bits per heavy atom. The fraction of sp³-hybridized carbons (Fsp3) is 0.571. The molecule has 116 valence electrons. The van der Waals surface area contributed by atoms with E-state index in [1.807, 2.05) is 19.1 Å². The Bertz CT molecular complexity index is 693. The molecule has 2 saturated heterocycles. The van der Waals surface area contributed by atoms with Crippen LogP contribution in [0.1, 0.15) is 13.3 Å². The molecule has 2 atom stereocenters. The fourth-order valence-corrected chi connectivity index (χ4v) is 3.18. The normalized spacial score (nSPS) is 26.6. The van der Waals surface area contributed by atoms with Crippen LogP contribution in [0, 0.1) is 0 Å². The van der Waals surface area contributed by atoms with Crippen molar-refractivity contribution in [3.63, 3.8) is 0 Å². The minimum atomic E-state index is -0.0787. The summed E-state index contributed by atoms with van der Waals surface area (Å²) in [7, 11) is 0. The highest BCUT2D eigenvalue weighted by Gasteiger charge is 2.37. The van der Waals surface area contributed by atoms with Gasteiger partial charge in [-0.3, -0.25) is 9.69 Å². The molecule has 4 rings (SSSR count). The van der Waals surface area contributed by atoms with Gasteiger partial charge in [-0.1, -0.05) is 0 Å². The van der Waals surface area contributed by atoms with Crippen LogP contribution in [0.3, 0.4) is 0 Å². The highest BCUT2D eigenvalue weighted by atomic mass is 16.6. The zero-order valence-corrected chi connectivity index (χ0v) is 12.4. The van der Waals surface area contributed by atoms with Gasteiger partial charge in [-0.2, -0.15) is 4.52 Å². The van der Waals surface area contributed by atoms with Crippen LogP contribution in [0.25, 0.3) is 5.65 Å². The third-order valence-electron chi connectivity index (χ3n) is 4.37. The number of hydrogen-bond donors (Lipinski definition) is 0. The van der Waals surface area contributed by atoms with Crippen molar-refractivity contribution in [3.05, 3.63) is 18.5 Å². The van der Waals surface area contributed by atoms with Crippen molar-refractivity contribution in [1.29, 1.82) is 0 Å². The maximum atomic E-state index is 11.8. The van der Waals surface area contributed by atoms with Crippen molar-refractivity contribution in [2.75, 3.05) is 31.1 Å². The van der Waals surface area contributed by atoms with Gasteiger partial charge in [-0.25, -0.2) is 0 Å². The zero-order chi connectivity index (χ0) is 15.1. The predicted octanol–water partition coefficient (Wildman–Crippen LogP) is -0.0497. The lowest BCUT2D eigenvalue weighted by atomic mass is 10.1. The van der Waals surface area contributed by atoms with Crippen molar-refractivity contribution in [2.24, 2.45) is 0 Å². The monoisotopic (exact) mass is 302 g/mol. The average molecular weight is 302 g/mol. The summed E-state index contributed by atoms with van der Waals surface area (Å²) in [6.07, 6.45) is 2.43. The molecule has 2 aromatic rings. The van der Waals surface area contributed by atoms with Crippen LogP contribution in [0.15, 0.2) is 18.5 Å². The van der Waals surface area contributed by atoms with E-state index in [1.165, 1.54) is 0 Å². The maximum absolute atomic E-state index is 11.8. The third-order valence-corrected chi connectivity index (χ3v) is 4.37. The number of esters is 1. The van der Waals surface area contributed by atoms with Gasteiger partial charge in [0, 0.05) is 32.6 Å². The average Bonchev–Trinajstić information content (AvgIpc) is 3.12. The lowest BCUT2D eigenvalue weighted by Crippen LogP contribution is -2.52. The molecule has 8 nitrogen and oxygen atoms in total. The van der Waals surface area contributed by atoms with E-state index in [-0.39, 0.29) is 18.1 Å². The predicted molar refractivity (Wildman–Crippen MR) is 78.5 cm³/mol.